The molecule has 4 unspecified atom stereocenters. The Labute approximate surface area is 122 Å². The lowest BCUT2D eigenvalue weighted by atomic mass is 9.80. The van der Waals surface area contributed by atoms with E-state index in [2.05, 4.69) is 44.4 Å². The van der Waals surface area contributed by atoms with Crippen molar-refractivity contribution in [2.45, 2.75) is 63.5 Å². The van der Waals surface area contributed by atoms with E-state index >= 15 is 0 Å². The Morgan fingerprint density at radius 2 is 2.16 bits per heavy atom. The van der Waals surface area contributed by atoms with Crippen molar-refractivity contribution in [2.24, 2.45) is 11.7 Å². The van der Waals surface area contributed by atoms with E-state index in [0.717, 1.165) is 26.0 Å². The zero-order valence-electron chi connectivity index (χ0n) is 12.9. The zero-order valence-corrected chi connectivity index (χ0v) is 13.7. The number of ether oxygens (including phenoxy) is 1. The van der Waals surface area contributed by atoms with Gasteiger partial charge in [0, 0.05) is 42.3 Å². The zero-order chi connectivity index (χ0) is 14.0. The van der Waals surface area contributed by atoms with Gasteiger partial charge in [0.15, 0.2) is 0 Å². The van der Waals surface area contributed by atoms with Crippen LogP contribution in [0.4, 0.5) is 0 Å². The highest BCUT2D eigenvalue weighted by molar-refractivity contribution is 8.00. The topological polar surface area (TPSA) is 38.5 Å². The predicted molar refractivity (Wildman–Crippen MR) is 83.7 cm³/mol. The predicted octanol–water partition coefficient (Wildman–Crippen LogP) is 2.34. The maximum absolute atomic E-state index is 6.24. The van der Waals surface area contributed by atoms with Crippen molar-refractivity contribution in [1.82, 2.24) is 4.90 Å². The van der Waals surface area contributed by atoms with E-state index in [0.29, 0.717) is 23.3 Å². The molecule has 0 radical (unpaired) electrons. The summed E-state index contributed by atoms with van der Waals surface area (Å²) in [5, 5.41) is 0.706. The van der Waals surface area contributed by atoms with Gasteiger partial charge >= 0.3 is 0 Å². The molecule has 0 aromatic rings. The number of hydrogen-bond donors (Lipinski definition) is 1. The molecule has 0 amide bonds. The standard InChI is InChI=1S/C15H30N2OS/c1-11(2)14-9-15(10-16,5-7-18-14)17-6-8-19-13(4)12(17)3/h11-14H,5-10,16H2,1-4H3. The minimum Gasteiger partial charge on any atom is -0.378 e. The smallest absolute Gasteiger partial charge is 0.0616 e. The maximum Gasteiger partial charge on any atom is 0.0616 e. The summed E-state index contributed by atoms with van der Waals surface area (Å²) in [6.07, 6.45) is 2.56. The third-order valence-corrected chi connectivity index (χ3v) is 6.44. The summed E-state index contributed by atoms with van der Waals surface area (Å²) >= 11 is 2.10. The van der Waals surface area contributed by atoms with E-state index in [9.17, 15) is 0 Å². The van der Waals surface area contributed by atoms with Gasteiger partial charge in [-0.25, -0.2) is 0 Å². The largest absolute Gasteiger partial charge is 0.378 e. The summed E-state index contributed by atoms with van der Waals surface area (Å²) in [7, 11) is 0. The molecule has 0 aliphatic carbocycles. The number of hydrogen-bond acceptors (Lipinski definition) is 4. The van der Waals surface area contributed by atoms with Crippen LogP contribution < -0.4 is 5.73 Å². The summed E-state index contributed by atoms with van der Waals surface area (Å²) < 4.78 is 5.96. The van der Waals surface area contributed by atoms with Gasteiger partial charge in [0.2, 0.25) is 0 Å². The van der Waals surface area contributed by atoms with E-state index in [4.69, 9.17) is 10.5 Å². The van der Waals surface area contributed by atoms with Gasteiger partial charge in [-0.05, 0) is 25.7 Å². The molecule has 2 saturated heterocycles. The Hall–Kier alpha value is 0.230. The lowest BCUT2D eigenvalue weighted by Crippen LogP contribution is -2.64. The highest BCUT2D eigenvalue weighted by Gasteiger charge is 2.45. The monoisotopic (exact) mass is 286 g/mol. The average Bonchev–Trinajstić information content (AvgIpc) is 2.41. The van der Waals surface area contributed by atoms with Crippen molar-refractivity contribution in [1.29, 1.82) is 0 Å². The molecule has 2 aliphatic heterocycles. The molecule has 19 heavy (non-hydrogen) atoms. The van der Waals surface area contributed by atoms with Crippen molar-refractivity contribution in [3.63, 3.8) is 0 Å². The maximum atomic E-state index is 6.24. The average molecular weight is 286 g/mol. The van der Waals surface area contributed by atoms with Crippen LogP contribution in [0.15, 0.2) is 0 Å². The van der Waals surface area contributed by atoms with Crippen molar-refractivity contribution >= 4 is 11.8 Å². The summed E-state index contributed by atoms with van der Waals surface area (Å²) in [4.78, 5) is 2.70. The van der Waals surface area contributed by atoms with Crippen molar-refractivity contribution < 1.29 is 4.74 Å². The molecule has 3 nitrogen and oxygen atoms in total. The number of nitrogens with zero attached hydrogens (tertiary/aromatic N) is 1. The quantitative estimate of drug-likeness (QED) is 0.864. The fourth-order valence-electron chi connectivity index (χ4n) is 3.53. The highest BCUT2D eigenvalue weighted by atomic mass is 32.2. The SMILES string of the molecule is CC(C)C1CC(CN)(N2CCSC(C)C2C)CCO1. The first kappa shape index (κ1) is 15.6. The lowest BCUT2D eigenvalue weighted by Gasteiger charge is -2.54. The van der Waals surface area contributed by atoms with Crippen LogP contribution in [0.1, 0.15) is 40.5 Å². The molecule has 0 spiro atoms. The third-order valence-electron chi connectivity index (χ3n) is 5.10. The highest BCUT2D eigenvalue weighted by Crippen LogP contribution is 2.38. The van der Waals surface area contributed by atoms with E-state index in [1.807, 2.05) is 0 Å². The summed E-state index contributed by atoms with van der Waals surface area (Å²) in [6, 6.07) is 0.619. The first-order valence-corrected chi connectivity index (χ1v) is 8.75. The lowest BCUT2D eigenvalue weighted by molar-refractivity contribution is -0.0959. The first-order chi connectivity index (χ1) is 9.00. The van der Waals surface area contributed by atoms with Crippen LogP contribution in [0.25, 0.3) is 0 Å². The second-order valence-electron chi connectivity index (χ2n) is 6.55. The fraction of sp³-hybridized carbons (Fsp3) is 1.00. The number of thioether (sulfide) groups is 1. The molecule has 0 bridgehead atoms. The minimum atomic E-state index is 0.168. The van der Waals surface area contributed by atoms with Gasteiger partial charge in [-0.3, -0.25) is 4.90 Å². The molecule has 2 fully saturated rings. The molecule has 2 rings (SSSR count). The van der Waals surface area contributed by atoms with E-state index in [-0.39, 0.29) is 5.54 Å². The van der Waals surface area contributed by atoms with Crippen LogP contribution in [0.2, 0.25) is 0 Å². The molecule has 0 aromatic carbocycles. The molecule has 0 saturated carbocycles. The van der Waals surface area contributed by atoms with Gasteiger partial charge in [-0.1, -0.05) is 20.8 Å². The Morgan fingerprint density at radius 1 is 1.42 bits per heavy atom. The third kappa shape index (κ3) is 3.12. The second kappa shape index (κ2) is 6.33. The van der Waals surface area contributed by atoms with Crippen LogP contribution in [0.5, 0.6) is 0 Å². The van der Waals surface area contributed by atoms with E-state index < -0.39 is 0 Å². The van der Waals surface area contributed by atoms with Gasteiger partial charge < -0.3 is 10.5 Å². The van der Waals surface area contributed by atoms with Crippen LogP contribution in [-0.4, -0.2) is 53.3 Å². The van der Waals surface area contributed by atoms with Crippen LogP contribution in [0.3, 0.4) is 0 Å². The normalized spacial score (nSPS) is 41.7. The molecule has 0 aromatic heterocycles. The molecule has 112 valence electrons. The Kier molecular flexibility index (Phi) is 5.21. The van der Waals surface area contributed by atoms with Gasteiger partial charge in [-0.15, -0.1) is 0 Å². The second-order valence-corrected chi connectivity index (χ2v) is 8.03. The molecule has 2 N–H and O–H groups in total. The van der Waals surface area contributed by atoms with Crippen LogP contribution in [-0.2, 0) is 4.74 Å². The molecular weight excluding hydrogens is 256 g/mol. The van der Waals surface area contributed by atoms with E-state index in [1.165, 1.54) is 12.3 Å². The summed E-state index contributed by atoms with van der Waals surface area (Å²) in [5.74, 6) is 1.82. The Bertz CT molecular complexity index is 300. The Balaban J connectivity index is 2.16. The molecular formula is C15H30N2OS. The molecule has 2 heterocycles. The minimum absolute atomic E-state index is 0.168. The molecule has 4 atom stereocenters. The fourth-order valence-corrected chi connectivity index (χ4v) is 4.63. The summed E-state index contributed by atoms with van der Waals surface area (Å²) in [6.45, 7) is 12.0. The van der Waals surface area contributed by atoms with Gasteiger partial charge in [0.25, 0.3) is 0 Å². The van der Waals surface area contributed by atoms with Crippen LogP contribution >= 0.6 is 11.8 Å². The van der Waals surface area contributed by atoms with Crippen molar-refractivity contribution in [3.8, 4) is 0 Å². The number of rotatable bonds is 3. The summed E-state index contributed by atoms with van der Waals surface area (Å²) in [5.41, 5.74) is 6.40. The van der Waals surface area contributed by atoms with E-state index in [1.54, 1.807) is 0 Å². The first-order valence-electron chi connectivity index (χ1n) is 7.70. The van der Waals surface area contributed by atoms with Gasteiger partial charge in [0.1, 0.15) is 0 Å². The molecule has 2 aliphatic rings. The van der Waals surface area contributed by atoms with Gasteiger partial charge in [-0.2, -0.15) is 11.8 Å². The van der Waals surface area contributed by atoms with Gasteiger partial charge in [0.05, 0.1) is 6.10 Å². The number of nitrogens with two attached hydrogens (primary N) is 1. The Morgan fingerprint density at radius 3 is 2.79 bits per heavy atom. The van der Waals surface area contributed by atoms with Crippen LogP contribution in [0, 0.1) is 5.92 Å². The van der Waals surface area contributed by atoms with Crippen molar-refractivity contribution in [2.75, 3.05) is 25.4 Å². The molecule has 4 heteroatoms. The van der Waals surface area contributed by atoms with Crippen molar-refractivity contribution in [3.05, 3.63) is 0 Å².